The van der Waals surface area contributed by atoms with Crippen LogP contribution in [-0.2, 0) is 6.54 Å². The number of hydrogen-bond donors (Lipinski definition) is 1. The molecule has 1 aromatic heterocycles. The van der Waals surface area contributed by atoms with E-state index in [0.717, 1.165) is 25.2 Å². The molecule has 1 aromatic carbocycles. The van der Waals surface area contributed by atoms with Gasteiger partial charge in [-0.2, -0.15) is 0 Å². The van der Waals surface area contributed by atoms with Gasteiger partial charge in [0.05, 0.1) is 5.52 Å². The lowest BCUT2D eigenvalue weighted by Crippen LogP contribution is -2.54. The first-order valence-corrected chi connectivity index (χ1v) is 7.05. The van der Waals surface area contributed by atoms with Gasteiger partial charge in [-0.05, 0) is 25.5 Å². The van der Waals surface area contributed by atoms with Crippen LogP contribution in [0.2, 0.25) is 0 Å². The molecule has 2 heterocycles. The normalized spacial score (nSPS) is 24.7. The average Bonchev–Trinajstić information content (AvgIpc) is 2.43. The van der Waals surface area contributed by atoms with Gasteiger partial charge in [0.25, 0.3) is 0 Å². The Labute approximate surface area is 114 Å². The van der Waals surface area contributed by atoms with Crippen LogP contribution >= 0.6 is 0 Å². The number of nitrogens with zero attached hydrogens (tertiary/aromatic N) is 2. The van der Waals surface area contributed by atoms with Crippen LogP contribution in [0, 0.1) is 0 Å². The van der Waals surface area contributed by atoms with E-state index in [0.29, 0.717) is 12.1 Å². The summed E-state index contributed by atoms with van der Waals surface area (Å²) >= 11 is 0. The fourth-order valence-corrected chi connectivity index (χ4v) is 2.97. The molecule has 1 N–H and O–H groups in total. The molecule has 0 saturated carbocycles. The molecule has 1 saturated heterocycles. The number of hydrogen-bond acceptors (Lipinski definition) is 3. The maximum Gasteiger partial charge on any atom is 0.0746 e. The van der Waals surface area contributed by atoms with E-state index in [2.05, 4.69) is 53.3 Å². The molecular weight excluding hydrogens is 234 g/mol. The molecule has 1 aliphatic rings. The van der Waals surface area contributed by atoms with E-state index in [1.165, 1.54) is 10.9 Å². The van der Waals surface area contributed by atoms with Gasteiger partial charge in [-0.15, -0.1) is 0 Å². The molecule has 0 amide bonds. The first kappa shape index (κ1) is 12.6. The van der Waals surface area contributed by atoms with Crippen molar-refractivity contribution in [2.45, 2.75) is 32.5 Å². The number of nitrogens with one attached hydrogen (secondary N) is 1. The molecule has 2 unspecified atom stereocenters. The van der Waals surface area contributed by atoms with Crippen molar-refractivity contribution in [3.8, 4) is 0 Å². The third kappa shape index (κ3) is 2.48. The largest absolute Gasteiger partial charge is 0.314 e. The highest BCUT2D eigenvalue weighted by molar-refractivity contribution is 5.81. The zero-order chi connectivity index (χ0) is 13.2. The third-order valence-electron chi connectivity index (χ3n) is 4.08. The maximum absolute atomic E-state index is 4.55. The van der Waals surface area contributed by atoms with Gasteiger partial charge in [0, 0.05) is 43.3 Å². The molecule has 1 aliphatic heterocycles. The Balaban J connectivity index is 1.92. The topological polar surface area (TPSA) is 28.2 Å². The van der Waals surface area contributed by atoms with Crippen molar-refractivity contribution in [2.24, 2.45) is 0 Å². The molecule has 2 aromatic rings. The minimum atomic E-state index is 0.572. The van der Waals surface area contributed by atoms with E-state index in [1.54, 1.807) is 0 Å². The Bertz CT molecular complexity index is 551. The SMILES string of the molecule is CC1CNCC(C)N1Cc1cccc2cccnc12. The summed E-state index contributed by atoms with van der Waals surface area (Å²) in [5.41, 5.74) is 2.47. The fourth-order valence-electron chi connectivity index (χ4n) is 2.97. The zero-order valence-corrected chi connectivity index (χ0v) is 11.6. The molecule has 3 nitrogen and oxygen atoms in total. The van der Waals surface area contributed by atoms with Crippen LogP contribution in [0.3, 0.4) is 0 Å². The van der Waals surface area contributed by atoms with Gasteiger partial charge in [0.15, 0.2) is 0 Å². The first-order valence-electron chi connectivity index (χ1n) is 7.05. The molecule has 19 heavy (non-hydrogen) atoms. The summed E-state index contributed by atoms with van der Waals surface area (Å²) in [5, 5.41) is 4.71. The van der Waals surface area contributed by atoms with Crippen molar-refractivity contribution >= 4 is 10.9 Å². The Kier molecular flexibility index (Phi) is 3.49. The van der Waals surface area contributed by atoms with E-state index in [-0.39, 0.29) is 0 Å². The second kappa shape index (κ2) is 5.27. The summed E-state index contributed by atoms with van der Waals surface area (Å²) in [6, 6.07) is 11.8. The summed E-state index contributed by atoms with van der Waals surface area (Å²) < 4.78 is 0. The van der Waals surface area contributed by atoms with Crippen LogP contribution in [-0.4, -0.2) is 35.1 Å². The van der Waals surface area contributed by atoms with E-state index in [9.17, 15) is 0 Å². The first-order chi connectivity index (χ1) is 9.25. The standard InChI is InChI=1S/C16H21N3/c1-12-9-17-10-13(2)19(12)11-15-6-3-5-14-7-4-8-18-16(14)15/h3-8,12-13,17H,9-11H2,1-2H3. The van der Waals surface area contributed by atoms with Gasteiger partial charge in [-0.1, -0.05) is 24.3 Å². The summed E-state index contributed by atoms with van der Waals surface area (Å²) in [6.07, 6.45) is 1.89. The van der Waals surface area contributed by atoms with E-state index in [4.69, 9.17) is 0 Å². The molecule has 2 atom stereocenters. The van der Waals surface area contributed by atoms with Gasteiger partial charge in [-0.25, -0.2) is 0 Å². The molecule has 0 spiro atoms. The predicted octanol–water partition coefficient (Wildman–Crippen LogP) is 2.42. The molecule has 0 radical (unpaired) electrons. The molecular formula is C16H21N3. The number of benzene rings is 1. The number of fused-ring (bicyclic) bond motifs is 1. The van der Waals surface area contributed by atoms with Crippen LogP contribution in [0.1, 0.15) is 19.4 Å². The monoisotopic (exact) mass is 255 g/mol. The van der Waals surface area contributed by atoms with E-state index >= 15 is 0 Å². The van der Waals surface area contributed by atoms with Gasteiger partial charge < -0.3 is 5.32 Å². The highest BCUT2D eigenvalue weighted by atomic mass is 15.2. The lowest BCUT2D eigenvalue weighted by molar-refractivity contribution is 0.109. The highest BCUT2D eigenvalue weighted by Gasteiger charge is 2.24. The number of pyridine rings is 1. The predicted molar refractivity (Wildman–Crippen MR) is 79.1 cm³/mol. The molecule has 100 valence electrons. The lowest BCUT2D eigenvalue weighted by atomic mass is 10.1. The summed E-state index contributed by atoms with van der Waals surface area (Å²) in [5.74, 6) is 0. The van der Waals surface area contributed by atoms with Crippen molar-refractivity contribution in [3.63, 3.8) is 0 Å². The molecule has 1 fully saturated rings. The second-order valence-corrected chi connectivity index (χ2v) is 5.52. The number of para-hydroxylation sites is 1. The summed E-state index contributed by atoms with van der Waals surface area (Å²) in [6.45, 7) is 7.71. The Hall–Kier alpha value is -1.45. The number of aromatic nitrogens is 1. The van der Waals surface area contributed by atoms with Crippen LogP contribution in [0.25, 0.3) is 10.9 Å². The maximum atomic E-state index is 4.55. The van der Waals surface area contributed by atoms with E-state index < -0.39 is 0 Å². The summed E-state index contributed by atoms with van der Waals surface area (Å²) in [4.78, 5) is 7.12. The average molecular weight is 255 g/mol. The van der Waals surface area contributed by atoms with Crippen molar-refractivity contribution < 1.29 is 0 Å². The van der Waals surface area contributed by atoms with Gasteiger partial charge in [0.1, 0.15) is 0 Å². The van der Waals surface area contributed by atoms with Crippen molar-refractivity contribution in [2.75, 3.05) is 13.1 Å². The van der Waals surface area contributed by atoms with Gasteiger partial charge in [0.2, 0.25) is 0 Å². The minimum absolute atomic E-state index is 0.572. The van der Waals surface area contributed by atoms with Crippen molar-refractivity contribution in [3.05, 3.63) is 42.1 Å². The number of rotatable bonds is 2. The van der Waals surface area contributed by atoms with Crippen LogP contribution in [0.15, 0.2) is 36.5 Å². The second-order valence-electron chi connectivity index (χ2n) is 5.52. The summed E-state index contributed by atoms with van der Waals surface area (Å²) in [7, 11) is 0. The highest BCUT2D eigenvalue weighted by Crippen LogP contribution is 2.20. The Morgan fingerprint density at radius 2 is 1.89 bits per heavy atom. The van der Waals surface area contributed by atoms with Gasteiger partial charge in [-0.3, -0.25) is 9.88 Å². The van der Waals surface area contributed by atoms with Crippen molar-refractivity contribution in [1.29, 1.82) is 0 Å². The van der Waals surface area contributed by atoms with Crippen LogP contribution in [0.5, 0.6) is 0 Å². The third-order valence-corrected chi connectivity index (χ3v) is 4.08. The Morgan fingerprint density at radius 1 is 1.16 bits per heavy atom. The van der Waals surface area contributed by atoms with Crippen LogP contribution in [0.4, 0.5) is 0 Å². The van der Waals surface area contributed by atoms with Gasteiger partial charge >= 0.3 is 0 Å². The molecule has 0 bridgehead atoms. The quantitative estimate of drug-likeness (QED) is 0.893. The zero-order valence-electron chi connectivity index (χ0n) is 11.6. The van der Waals surface area contributed by atoms with E-state index in [1.807, 2.05) is 12.3 Å². The number of piperazine rings is 1. The fraction of sp³-hybridized carbons (Fsp3) is 0.438. The minimum Gasteiger partial charge on any atom is -0.314 e. The molecule has 0 aliphatic carbocycles. The molecule has 3 rings (SSSR count). The molecule has 3 heteroatoms. The van der Waals surface area contributed by atoms with Crippen LogP contribution < -0.4 is 5.32 Å². The lowest BCUT2D eigenvalue weighted by Gasteiger charge is -2.39. The smallest absolute Gasteiger partial charge is 0.0746 e. The van der Waals surface area contributed by atoms with Crippen molar-refractivity contribution in [1.82, 2.24) is 15.2 Å². The Morgan fingerprint density at radius 3 is 2.68 bits per heavy atom.